The van der Waals surface area contributed by atoms with Crippen molar-refractivity contribution >= 4 is 39.1 Å². The summed E-state index contributed by atoms with van der Waals surface area (Å²) in [4.78, 5) is 13.0. The quantitative estimate of drug-likeness (QED) is 0.308. The zero-order valence-electron chi connectivity index (χ0n) is 24.6. The maximum Gasteiger partial charge on any atom is 0.471 e. The standard InChI is InChI=1S/C29H36Cl2F3N3O6S/c1-18-12-21(4-5-26(18)43-27-23-13-20(30)14-24(31)22(23)15-25(27)36(2)3)44(39,40)37-8-6-19(16-37)17-42-11-10-41-9-7-35-28(38)29(32,33)34/h4-5,12-14,19,25,27H,6-11,15-17H2,1-3H3,(H,35,38)/t19-,25-,27-/m0/s1. The van der Waals surface area contributed by atoms with Crippen LogP contribution in [0.4, 0.5) is 13.2 Å². The van der Waals surface area contributed by atoms with Crippen LogP contribution in [0, 0.1) is 12.8 Å². The number of halogens is 5. The number of alkyl halides is 3. The molecule has 15 heteroatoms. The van der Waals surface area contributed by atoms with Gasteiger partial charge in [0.2, 0.25) is 10.0 Å². The summed E-state index contributed by atoms with van der Waals surface area (Å²) >= 11 is 12.8. The van der Waals surface area contributed by atoms with Crippen LogP contribution >= 0.6 is 23.2 Å². The third-order valence-electron chi connectivity index (χ3n) is 7.73. The van der Waals surface area contributed by atoms with Gasteiger partial charge in [0.25, 0.3) is 0 Å². The lowest BCUT2D eigenvalue weighted by molar-refractivity contribution is -0.173. The van der Waals surface area contributed by atoms with E-state index in [1.165, 1.54) is 4.31 Å². The van der Waals surface area contributed by atoms with Gasteiger partial charge >= 0.3 is 12.1 Å². The molecule has 9 nitrogen and oxygen atoms in total. The molecular formula is C29H36Cl2F3N3O6S. The first-order valence-corrected chi connectivity index (χ1v) is 16.3. The van der Waals surface area contributed by atoms with Crippen LogP contribution in [-0.4, -0.2) is 95.9 Å². The minimum atomic E-state index is -4.92. The molecule has 1 saturated heterocycles. The van der Waals surface area contributed by atoms with E-state index in [1.54, 1.807) is 29.6 Å². The Hall–Kier alpha value is -2.13. The molecular weight excluding hydrogens is 646 g/mol. The predicted octanol–water partition coefficient (Wildman–Crippen LogP) is 4.63. The molecule has 4 rings (SSSR count). The monoisotopic (exact) mass is 681 g/mol. The smallest absolute Gasteiger partial charge is 0.471 e. The van der Waals surface area contributed by atoms with Crippen molar-refractivity contribution in [3.05, 3.63) is 57.1 Å². The van der Waals surface area contributed by atoms with Crippen LogP contribution < -0.4 is 10.1 Å². The molecule has 0 bridgehead atoms. The number of likely N-dealkylation sites (N-methyl/N-ethyl adjacent to an activating group) is 1. The SMILES string of the molecule is Cc1cc(S(=O)(=O)N2CC[C@H](COCCOCCNC(=O)C(F)(F)F)C2)ccc1O[C@H]1c2cc(Cl)cc(Cl)c2C[C@@H]1N(C)C. The third-order valence-corrected chi connectivity index (χ3v) is 10.1. The molecule has 1 aliphatic heterocycles. The number of aryl methyl sites for hydroxylation is 1. The summed E-state index contributed by atoms with van der Waals surface area (Å²) in [5.74, 6) is -1.45. The van der Waals surface area contributed by atoms with E-state index in [0.29, 0.717) is 53.9 Å². The molecule has 0 spiro atoms. The highest BCUT2D eigenvalue weighted by molar-refractivity contribution is 7.89. The number of rotatable bonds is 13. The number of carbonyl (C=O) groups is 1. The Balaban J connectivity index is 1.28. The molecule has 1 heterocycles. The van der Waals surface area contributed by atoms with Gasteiger partial charge in [0.1, 0.15) is 11.9 Å². The van der Waals surface area contributed by atoms with Gasteiger partial charge in [-0.15, -0.1) is 0 Å². The van der Waals surface area contributed by atoms with Gasteiger partial charge in [0.15, 0.2) is 0 Å². The van der Waals surface area contributed by atoms with E-state index in [4.69, 9.17) is 37.4 Å². The number of fused-ring (bicyclic) bond motifs is 1. The number of nitrogens with zero attached hydrogens (tertiary/aromatic N) is 2. The zero-order valence-corrected chi connectivity index (χ0v) is 27.0. The van der Waals surface area contributed by atoms with Crippen molar-refractivity contribution in [2.75, 3.05) is 60.2 Å². The second-order valence-electron chi connectivity index (χ2n) is 11.1. The number of ether oxygens (including phenoxy) is 3. The van der Waals surface area contributed by atoms with Crippen LogP contribution in [0.15, 0.2) is 35.2 Å². The highest BCUT2D eigenvalue weighted by Crippen LogP contribution is 2.42. The van der Waals surface area contributed by atoms with Crippen LogP contribution in [-0.2, 0) is 30.7 Å². The van der Waals surface area contributed by atoms with Crippen molar-refractivity contribution in [1.29, 1.82) is 0 Å². The van der Waals surface area contributed by atoms with Crippen LogP contribution in [0.2, 0.25) is 10.0 Å². The molecule has 0 radical (unpaired) electrons. The van der Waals surface area contributed by atoms with Crippen LogP contribution in [0.25, 0.3) is 0 Å². The van der Waals surface area contributed by atoms with Gasteiger partial charge in [0, 0.05) is 35.2 Å². The van der Waals surface area contributed by atoms with Gasteiger partial charge in [-0.3, -0.25) is 4.79 Å². The molecule has 1 aliphatic carbocycles. The van der Waals surface area contributed by atoms with E-state index in [9.17, 15) is 26.4 Å². The Morgan fingerprint density at radius 2 is 1.84 bits per heavy atom. The molecule has 244 valence electrons. The van der Waals surface area contributed by atoms with Gasteiger partial charge < -0.3 is 24.4 Å². The van der Waals surface area contributed by atoms with E-state index in [0.717, 1.165) is 11.1 Å². The highest BCUT2D eigenvalue weighted by atomic mass is 35.5. The molecule has 44 heavy (non-hydrogen) atoms. The largest absolute Gasteiger partial charge is 0.484 e. The number of hydrogen-bond donors (Lipinski definition) is 1. The van der Waals surface area contributed by atoms with E-state index in [1.807, 2.05) is 27.1 Å². The molecule has 0 saturated carbocycles. The molecule has 1 fully saturated rings. The molecule has 2 aromatic rings. The van der Waals surface area contributed by atoms with Crippen LogP contribution in [0.3, 0.4) is 0 Å². The maximum absolute atomic E-state index is 13.4. The molecule has 0 unspecified atom stereocenters. The minimum absolute atomic E-state index is 0.0106. The van der Waals surface area contributed by atoms with Crippen molar-refractivity contribution in [3.63, 3.8) is 0 Å². The number of nitrogens with one attached hydrogen (secondary N) is 1. The number of sulfonamides is 1. The molecule has 1 N–H and O–H groups in total. The third kappa shape index (κ3) is 8.36. The van der Waals surface area contributed by atoms with Crippen molar-refractivity contribution in [2.24, 2.45) is 5.92 Å². The lowest BCUT2D eigenvalue weighted by atomic mass is 10.1. The number of carbonyl (C=O) groups excluding carboxylic acids is 1. The normalized spacial score (nSPS) is 20.7. The first-order chi connectivity index (χ1) is 20.7. The fraction of sp³-hybridized carbons (Fsp3) is 0.552. The van der Waals surface area contributed by atoms with Crippen LogP contribution in [0.5, 0.6) is 5.75 Å². The Bertz CT molecular complexity index is 1440. The van der Waals surface area contributed by atoms with Crippen LogP contribution in [0.1, 0.15) is 29.2 Å². The molecule has 3 atom stereocenters. The van der Waals surface area contributed by atoms with Gasteiger partial charge in [-0.25, -0.2) is 8.42 Å². The Morgan fingerprint density at radius 1 is 1.11 bits per heavy atom. The minimum Gasteiger partial charge on any atom is -0.484 e. The fourth-order valence-electron chi connectivity index (χ4n) is 5.37. The maximum atomic E-state index is 13.4. The summed E-state index contributed by atoms with van der Waals surface area (Å²) in [5.41, 5.74) is 2.59. The Kier molecular flexibility index (Phi) is 11.5. The molecule has 2 aromatic carbocycles. The number of hydrogen-bond acceptors (Lipinski definition) is 7. The summed E-state index contributed by atoms with van der Waals surface area (Å²) in [6.45, 7) is 2.75. The average Bonchev–Trinajstić information content (AvgIpc) is 3.56. The van der Waals surface area contributed by atoms with E-state index in [2.05, 4.69) is 4.90 Å². The lowest BCUT2D eigenvalue weighted by Gasteiger charge is -2.28. The van der Waals surface area contributed by atoms with E-state index < -0.39 is 22.1 Å². The summed E-state index contributed by atoms with van der Waals surface area (Å²) in [5, 5.41) is 2.84. The number of amides is 1. The Labute approximate surface area is 265 Å². The van der Waals surface area contributed by atoms with Crippen molar-refractivity contribution in [3.8, 4) is 5.75 Å². The second kappa shape index (κ2) is 14.5. The summed E-state index contributed by atoms with van der Waals surface area (Å²) in [7, 11) is 0.202. The predicted molar refractivity (Wildman–Crippen MR) is 160 cm³/mol. The lowest BCUT2D eigenvalue weighted by Crippen LogP contribution is -2.38. The molecule has 0 aromatic heterocycles. The van der Waals surface area contributed by atoms with Crippen molar-refractivity contribution in [2.45, 2.75) is 43.0 Å². The second-order valence-corrected chi connectivity index (χ2v) is 13.9. The first kappa shape index (κ1) is 34.7. The molecule has 1 amide bonds. The summed E-state index contributed by atoms with van der Waals surface area (Å²) < 4.78 is 82.0. The topological polar surface area (TPSA) is 97.4 Å². The number of benzene rings is 2. The zero-order chi connectivity index (χ0) is 32.2. The average molecular weight is 683 g/mol. The van der Waals surface area contributed by atoms with Gasteiger partial charge in [0.05, 0.1) is 37.4 Å². The van der Waals surface area contributed by atoms with E-state index >= 15 is 0 Å². The molecule has 2 aliphatic rings. The highest BCUT2D eigenvalue weighted by Gasteiger charge is 2.39. The summed E-state index contributed by atoms with van der Waals surface area (Å²) in [6, 6.07) is 8.48. The summed E-state index contributed by atoms with van der Waals surface area (Å²) in [6.07, 6.45) is -3.93. The van der Waals surface area contributed by atoms with Crippen molar-refractivity contribution < 1.29 is 40.6 Å². The van der Waals surface area contributed by atoms with Crippen molar-refractivity contribution in [1.82, 2.24) is 14.5 Å². The van der Waals surface area contributed by atoms with E-state index in [-0.39, 0.29) is 49.3 Å². The first-order valence-electron chi connectivity index (χ1n) is 14.1. The van der Waals surface area contributed by atoms with Gasteiger partial charge in [-0.2, -0.15) is 17.5 Å². The fourth-order valence-corrected chi connectivity index (χ4v) is 7.57. The Morgan fingerprint density at radius 3 is 2.52 bits per heavy atom. The van der Waals surface area contributed by atoms with Gasteiger partial charge in [-0.05, 0) is 81.2 Å². The van der Waals surface area contributed by atoms with Gasteiger partial charge in [-0.1, -0.05) is 23.2 Å².